The Kier molecular flexibility index (Phi) is 5.29. The number of ether oxygens (including phenoxy) is 2. The first-order valence-electron chi connectivity index (χ1n) is 6.64. The second kappa shape index (κ2) is 6.98. The Morgan fingerprint density at radius 2 is 2.39 bits per heavy atom. The first-order valence-corrected chi connectivity index (χ1v) is 7.02. The lowest BCUT2D eigenvalue weighted by atomic mass is 10.2. The van der Waals surface area contributed by atoms with Gasteiger partial charge in [-0.25, -0.2) is 0 Å². The normalized spacial score (nSPS) is 19.1. The molecule has 0 saturated carbocycles. The molecule has 1 atom stereocenters. The molecule has 18 heavy (non-hydrogen) atoms. The Labute approximate surface area is 113 Å². The molecular weight excluding hydrogens is 250 g/mol. The molecule has 1 aliphatic rings. The number of benzene rings is 1. The SMILES string of the molecule is CCOc1ccc(Cl)cc1C[NH2+]C[C@@H]1CCCO1. The summed E-state index contributed by atoms with van der Waals surface area (Å²) in [4.78, 5) is 0. The molecule has 0 unspecified atom stereocenters. The third kappa shape index (κ3) is 3.87. The van der Waals surface area contributed by atoms with Crippen LogP contribution in [0.15, 0.2) is 18.2 Å². The van der Waals surface area contributed by atoms with Crippen LogP contribution >= 0.6 is 11.6 Å². The van der Waals surface area contributed by atoms with E-state index in [1.54, 1.807) is 0 Å². The molecule has 0 amide bonds. The van der Waals surface area contributed by atoms with Crippen molar-refractivity contribution in [2.24, 2.45) is 0 Å². The lowest BCUT2D eigenvalue weighted by Gasteiger charge is -2.11. The molecule has 0 bridgehead atoms. The van der Waals surface area contributed by atoms with E-state index in [0.29, 0.717) is 12.7 Å². The van der Waals surface area contributed by atoms with Gasteiger partial charge in [0.05, 0.1) is 6.61 Å². The molecule has 100 valence electrons. The summed E-state index contributed by atoms with van der Waals surface area (Å²) in [6.07, 6.45) is 2.80. The second-order valence-electron chi connectivity index (χ2n) is 4.55. The van der Waals surface area contributed by atoms with E-state index in [-0.39, 0.29) is 0 Å². The van der Waals surface area contributed by atoms with Gasteiger partial charge in [0.1, 0.15) is 24.9 Å². The van der Waals surface area contributed by atoms with E-state index in [1.807, 2.05) is 25.1 Å². The fourth-order valence-corrected chi connectivity index (χ4v) is 2.45. The average Bonchev–Trinajstić information content (AvgIpc) is 2.86. The first-order chi connectivity index (χ1) is 8.79. The Morgan fingerprint density at radius 3 is 3.11 bits per heavy atom. The molecule has 2 N–H and O–H groups in total. The first kappa shape index (κ1) is 13.7. The highest BCUT2D eigenvalue weighted by Crippen LogP contribution is 2.22. The molecule has 1 aromatic rings. The van der Waals surface area contributed by atoms with E-state index in [9.17, 15) is 0 Å². The smallest absolute Gasteiger partial charge is 0.128 e. The van der Waals surface area contributed by atoms with E-state index in [2.05, 4.69) is 5.32 Å². The standard InChI is InChI=1S/C14H20ClNO2/c1-2-17-14-6-5-12(15)8-11(14)9-16-10-13-4-3-7-18-13/h5-6,8,13,16H,2-4,7,9-10H2,1H3/p+1/t13-/m0/s1. The fourth-order valence-electron chi connectivity index (χ4n) is 2.26. The Morgan fingerprint density at radius 1 is 1.50 bits per heavy atom. The van der Waals surface area contributed by atoms with Gasteiger partial charge in [0.15, 0.2) is 0 Å². The molecule has 1 saturated heterocycles. The molecule has 1 aliphatic heterocycles. The number of hydrogen-bond acceptors (Lipinski definition) is 2. The molecule has 3 nitrogen and oxygen atoms in total. The lowest BCUT2D eigenvalue weighted by Crippen LogP contribution is -2.84. The van der Waals surface area contributed by atoms with Crippen LogP contribution in [0.3, 0.4) is 0 Å². The van der Waals surface area contributed by atoms with Crippen molar-refractivity contribution in [3.05, 3.63) is 28.8 Å². The van der Waals surface area contributed by atoms with Crippen LogP contribution in [0, 0.1) is 0 Å². The highest BCUT2D eigenvalue weighted by atomic mass is 35.5. The van der Waals surface area contributed by atoms with Gasteiger partial charge in [-0.05, 0) is 38.0 Å². The molecule has 0 spiro atoms. The van der Waals surface area contributed by atoms with E-state index in [1.165, 1.54) is 12.8 Å². The Bertz CT molecular complexity index is 378. The van der Waals surface area contributed by atoms with Gasteiger partial charge in [0.2, 0.25) is 0 Å². The zero-order valence-electron chi connectivity index (χ0n) is 10.8. The van der Waals surface area contributed by atoms with Crippen molar-refractivity contribution in [1.29, 1.82) is 0 Å². The van der Waals surface area contributed by atoms with E-state index in [4.69, 9.17) is 21.1 Å². The van der Waals surface area contributed by atoms with Crippen LogP contribution in [0.2, 0.25) is 5.02 Å². The number of quaternary nitrogens is 1. The van der Waals surface area contributed by atoms with Crippen molar-refractivity contribution in [1.82, 2.24) is 0 Å². The van der Waals surface area contributed by atoms with Crippen LogP contribution in [0.1, 0.15) is 25.3 Å². The van der Waals surface area contributed by atoms with Crippen LogP contribution in [0.25, 0.3) is 0 Å². The van der Waals surface area contributed by atoms with Gasteiger partial charge in [-0.1, -0.05) is 11.6 Å². The molecule has 0 aliphatic carbocycles. The predicted octanol–water partition coefficient (Wildman–Crippen LogP) is 1.98. The highest BCUT2D eigenvalue weighted by Gasteiger charge is 2.17. The minimum atomic E-state index is 0.416. The van der Waals surface area contributed by atoms with Crippen LogP contribution < -0.4 is 10.1 Å². The summed E-state index contributed by atoms with van der Waals surface area (Å²) in [6, 6.07) is 5.80. The molecule has 0 aromatic heterocycles. The van der Waals surface area contributed by atoms with Gasteiger partial charge in [0.25, 0.3) is 0 Å². The van der Waals surface area contributed by atoms with Crippen molar-refractivity contribution >= 4 is 11.6 Å². The highest BCUT2D eigenvalue weighted by molar-refractivity contribution is 6.30. The monoisotopic (exact) mass is 270 g/mol. The largest absolute Gasteiger partial charge is 0.493 e. The van der Waals surface area contributed by atoms with Crippen LogP contribution in [-0.2, 0) is 11.3 Å². The van der Waals surface area contributed by atoms with Gasteiger partial charge >= 0.3 is 0 Å². The minimum absolute atomic E-state index is 0.416. The molecule has 0 radical (unpaired) electrons. The maximum Gasteiger partial charge on any atom is 0.128 e. The molecule has 1 fully saturated rings. The lowest BCUT2D eigenvalue weighted by molar-refractivity contribution is -0.676. The molecule has 4 heteroatoms. The number of nitrogens with two attached hydrogens (primary N) is 1. The molecule has 1 aromatic carbocycles. The summed E-state index contributed by atoms with van der Waals surface area (Å²) < 4.78 is 11.2. The van der Waals surface area contributed by atoms with Gasteiger partial charge in [-0.3, -0.25) is 0 Å². The third-order valence-electron chi connectivity index (χ3n) is 3.14. The third-order valence-corrected chi connectivity index (χ3v) is 3.38. The molecule has 2 rings (SSSR count). The van der Waals surface area contributed by atoms with E-state index in [0.717, 1.165) is 36.0 Å². The summed E-state index contributed by atoms with van der Waals surface area (Å²) in [5, 5.41) is 3.03. The fraction of sp³-hybridized carbons (Fsp3) is 0.571. The average molecular weight is 271 g/mol. The predicted molar refractivity (Wildman–Crippen MR) is 72.1 cm³/mol. The quantitative estimate of drug-likeness (QED) is 0.858. The summed E-state index contributed by atoms with van der Waals surface area (Å²) in [5.41, 5.74) is 1.15. The zero-order chi connectivity index (χ0) is 12.8. The van der Waals surface area contributed by atoms with Gasteiger partial charge in [-0.2, -0.15) is 0 Å². The maximum atomic E-state index is 6.03. The summed E-state index contributed by atoms with van der Waals surface area (Å²) in [5.74, 6) is 0.936. The Hall–Kier alpha value is -0.770. The van der Waals surface area contributed by atoms with Crippen molar-refractivity contribution in [3.63, 3.8) is 0 Å². The van der Waals surface area contributed by atoms with Gasteiger partial charge in [-0.15, -0.1) is 0 Å². The molecule has 1 heterocycles. The van der Waals surface area contributed by atoms with Crippen LogP contribution in [0.4, 0.5) is 0 Å². The van der Waals surface area contributed by atoms with Crippen LogP contribution in [-0.4, -0.2) is 25.9 Å². The molecular formula is C14H21ClNO2+. The zero-order valence-corrected chi connectivity index (χ0v) is 11.6. The summed E-state index contributed by atoms with van der Waals surface area (Å²) in [7, 11) is 0. The summed E-state index contributed by atoms with van der Waals surface area (Å²) in [6.45, 7) is 5.49. The van der Waals surface area contributed by atoms with Gasteiger partial charge in [0, 0.05) is 17.2 Å². The second-order valence-corrected chi connectivity index (χ2v) is 4.99. The van der Waals surface area contributed by atoms with Gasteiger partial charge < -0.3 is 14.8 Å². The van der Waals surface area contributed by atoms with Crippen molar-refractivity contribution in [2.45, 2.75) is 32.4 Å². The maximum absolute atomic E-state index is 6.03. The van der Waals surface area contributed by atoms with Crippen molar-refractivity contribution in [3.8, 4) is 5.75 Å². The topological polar surface area (TPSA) is 35.1 Å². The number of rotatable bonds is 6. The Balaban J connectivity index is 1.88. The van der Waals surface area contributed by atoms with Crippen molar-refractivity contribution in [2.75, 3.05) is 19.8 Å². The number of halogens is 1. The van der Waals surface area contributed by atoms with E-state index >= 15 is 0 Å². The minimum Gasteiger partial charge on any atom is -0.493 e. The van der Waals surface area contributed by atoms with Crippen molar-refractivity contribution < 1.29 is 14.8 Å². The van der Waals surface area contributed by atoms with E-state index < -0.39 is 0 Å². The van der Waals surface area contributed by atoms with Crippen LogP contribution in [0.5, 0.6) is 5.75 Å². The summed E-state index contributed by atoms with van der Waals surface area (Å²) >= 11 is 6.03. The number of hydrogen-bond donors (Lipinski definition) is 1.